The first-order valence-electron chi connectivity index (χ1n) is 6.67. The molecule has 1 aliphatic rings. The standard InChI is InChI=1S/C15H14ClN3OS/c1-21-15-17-9-11(13(16)18-15)14(20)19-8-4-6-10-5-2-3-7-12(10)19/h2-3,5,7,9H,4,6,8H2,1H3. The van der Waals surface area contributed by atoms with Crippen LogP contribution >= 0.6 is 23.4 Å². The Labute approximate surface area is 132 Å². The minimum Gasteiger partial charge on any atom is -0.308 e. The van der Waals surface area contributed by atoms with Gasteiger partial charge in [0.2, 0.25) is 0 Å². The highest BCUT2D eigenvalue weighted by molar-refractivity contribution is 7.98. The Morgan fingerprint density at radius 2 is 2.19 bits per heavy atom. The van der Waals surface area contributed by atoms with Crippen molar-refractivity contribution in [2.75, 3.05) is 17.7 Å². The molecule has 1 aromatic carbocycles. The number of benzene rings is 1. The quantitative estimate of drug-likeness (QED) is 0.483. The summed E-state index contributed by atoms with van der Waals surface area (Å²) in [7, 11) is 0. The van der Waals surface area contributed by atoms with Gasteiger partial charge in [-0.15, -0.1) is 0 Å². The third-order valence-electron chi connectivity index (χ3n) is 3.49. The molecule has 0 atom stereocenters. The van der Waals surface area contributed by atoms with E-state index in [-0.39, 0.29) is 11.1 Å². The molecule has 0 saturated carbocycles. The zero-order valence-corrected chi connectivity index (χ0v) is 13.1. The lowest BCUT2D eigenvalue weighted by Gasteiger charge is -2.29. The first kappa shape index (κ1) is 14.4. The van der Waals surface area contributed by atoms with Gasteiger partial charge in [0.05, 0.1) is 5.56 Å². The number of halogens is 1. The second-order valence-electron chi connectivity index (χ2n) is 4.75. The summed E-state index contributed by atoms with van der Waals surface area (Å²) in [6.45, 7) is 0.691. The first-order chi connectivity index (χ1) is 10.2. The van der Waals surface area contributed by atoms with Crippen LogP contribution < -0.4 is 4.90 Å². The Bertz CT molecular complexity index is 692. The topological polar surface area (TPSA) is 46.1 Å². The van der Waals surface area contributed by atoms with Gasteiger partial charge in [-0.05, 0) is 30.7 Å². The van der Waals surface area contributed by atoms with E-state index in [1.54, 1.807) is 4.90 Å². The maximum atomic E-state index is 12.7. The monoisotopic (exact) mass is 319 g/mol. The maximum Gasteiger partial charge on any atom is 0.262 e. The Morgan fingerprint density at radius 3 is 2.95 bits per heavy atom. The smallest absolute Gasteiger partial charge is 0.262 e. The number of aryl methyl sites for hydroxylation is 1. The highest BCUT2D eigenvalue weighted by Crippen LogP contribution is 2.29. The largest absolute Gasteiger partial charge is 0.308 e. The molecule has 0 aliphatic carbocycles. The number of carbonyl (C=O) groups is 1. The SMILES string of the molecule is CSc1ncc(C(=O)N2CCCc3ccccc32)c(Cl)n1. The molecule has 3 rings (SSSR count). The van der Waals surface area contributed by atoms with Gasteiger partial charge in [-0.2, -0.15) is 0 Å². The van der Waals surface area contributed by atoms with Crippen molar-refractivity contribution in [2.24, 2.45) is 0 Å². The molecule has 2 heterocycles. The van der Waals surface area contributed by atoms with Crippen LogP contribution in [0.25, 0.3) is 0 Å². The van der Waals surface area contributed by atoms with E-state index in [0.29, 0.717) is 17.3 Å². The number of aromatic nitrogens is 2. The summed E-state index contributed by atoms with van der Waals surface area (Å²) in [5.74, 6) is -0.139. The maximum absolute atomic E-state index is 12.7. The van der Waals surface area contributed by atoms with Gasteiger partial charge in [0, 0.05) is 18.4 Å². The molecule has 0 radical (unpaired) electrons. The van der Waals surface area contributed by atoms with Gasteiger partial charge in [-0.25, -0.2) is 9.97 Å². The molecule has 1 aliphatic heterocycles. The second kappa shape index (κ2) is 6.03. The van der Waals surface area contributed by atoms with Crippen molar-refractivity contribution >= 4 is 35.0 Å². The summed E-state index contributed by atoms with van der Waals surface area (Å²) in [5, 5.41) is 0.776. The molecule has 4 nitrogen and oxygen atoms in total. The average Bonchev–Trinajstić information content (AvgIpc) is 2.53. The van der Waals surface area contributed by atoms with Gasteiger partial charge < -0.3 is 4.90 Å². The minimum absolute atomic E-state index is 0.139. The normalized spacial score (nSPS) is 13.9. The number of anilines is 1. The lowest BCUT2D eigenvalue weighted by molar-refractivity contribution is 0.0984. The van der Waals surface area contributed by atoms with Gasteiger partial charge in [0.1, 0.15) is 5.15 Å². The predicted octanol–water partition coefficient (Wildman–Crippen LogP) is 3.44. The third-order valence-corrected chi connectivity index (χ3v) is 4.34. The molecule has 21 heavy (non-hydrogen) atoms. The van der Waals surface area contributed by atoms with E-state index in [1.165, 1.54) is 23.5 Å². The fraction of sp³-hybridized carbons (Fsp3) is 0.267. The zero-order chi connectivity index (χ0) is 14.8. The lowest BCUT2D eigenvalue weighted by atomic mass is 10.0. The van der Waals surface area contributed by atoms with Crippen LogP contribution in [0, 0.1) is 0 Å². The van der Waals surface area contributed by atoms with Crippen molar-refractivity contribution in [3.05, 3.63) is 46.7 Å². The second-order valence-corrected chi connectivity index (χ2v) is 5.88. The van der Waals surface area contributed by atoms with E-state index >= 15 is 0 Å². The van der Waals surface area contributed by atoms with Gasteiger partial charge in [0.25, 0.3) is 5.91 Å². The molecular formula is C15H14ClN3OS. The van der Waals surface area contributed by atoms with Crippen LogP contribution in [0.2, 0.25) is 5.15 Å². The summed E-state index contributed by atoms with van der Waals surface area (Å²) >= 11 is 7.53. The van der Waals surface area contributed by atoms with Crippen molar-refractivity contribution < 1.29 is 4.79 Å². The number of amides is 1. The van der Waals surface area contributed by atoms with Crippen molar-refractivity contribution in [1.29, 1.82) is 0 Å². The van der Waals surface area contributed by atoms with Crippen LogP contribution in [-0.2, 0) is 6.42 Å². The fourth-order valence-corrected chi connectivity index (χ4v) is 3.08. The fourth-order valence-electron chi connectivity index (χ4n) is 2.48. The van der Waals surface area contributed by atoms with E-state index in [4.69, 9.17) is 11.6 Å². The van der Waals surface area contributed by atoms with Crippen molar-refractivity contribution in [1.82, 2.24) is 9.97 Å². The summed E-state index contributed by atoms with van der Waals surface area (Å²) in [6.07, 6.45) is 5.33. The van der Waals surface area contributed by atoms with E-state index in [2.05, 4.69) is 16.0 Å². The molecule has 1 amide bonds. The number of rotatable bonds is 2. The summed E-state index contributed by atoms with van der Waals surface area (Å²) in [4.78, 5) is 22.8. The molecule has 108 valence electrons. The molecule has 1 aromatic heterocycles. The molecule has 0 bridgehead atoms. The van der Waals surface area contributed by atoms with Gasteiger partial charge in [-0.1, -0.05) is 41.6 Å². The lowest BCUT2D eigenvalue weighted by Crippen LogP contribution is -2.35. The number of nitrogens with zero attached hydrogens (tertiary/aromatic N) is 3. The van der Waals surface area contributed by atoms with E-state index in [1.807, 2.05) is 24.5 Å². The molecule has 0 fully saturated rings. The van der Waals surface area contributed by atoms with Gasteiger partial charge in [0.15, 0.2) is 5.16 Å². The Hall–Kier alpha value is -1.59. The predicted molar refractivity (Wildman–Crippen MR) is 85.3 cm³/mol. The Kier molecular flexibility index (Phi) is 4.12. The summed E-state index contributed by atoms with van der Waals surface area (Å²) in [6, 6.07) is 7.97. The molecule has 0 N–H and O–H groups in total. The molecule has 0 spiro atoms. The van der Waals surface area contributed by atoms with E-state index in [0.717, 1.165) is 18.5 Å². The number of fused-ring (bicyclic) bond motifs is 1. The number of hydrogen-bond acceptors (Lipinski definition) is 4. The van der Waals surface area contributed by atoms with E-state index < -0.39 is 0 Å². The number of para-hydroxylation sites is 1. The molecule has 0 unspecified atom stereocenters. The van der Waals surface area contributed by atoms with Crippen molar-refractivity contribution in [3.63, 3.8) is 0 Å². The number of thioether (sulfide) groups is 1. The van der Waals surface area contributed by atoms with E-state index in [9.17, 15) is 4.79 Å². The zero-order valence-electron chi connectivity index (χ0n) is 11.5. The first-order valence-corrected chi connectivity index (χ1v) is 8.27. The van der Waals surface area contributed by atoms with Crippen molar-refractivity contribution in [2.45, 2.75) is 18.0 Å². The molecule has 6 heteroatoms. The third kappa shape index (κ3) is 2.76. The van der Waals surface area contributed by atoms with Crippen LogP contribution in [0.15, 0.2) is 35.6 Å². The number of hydrogen-bond donors (Lipinski definition) is 0. The van der Waals surface area contributed by atoms with Crippen molar-refractivity contribution in [3.8, 4) is 0 Å². The highest BCUT2D eigenvalue weighted by atomic mass is 35.5. The van der Waals surface area contributed by atoms with Crippen LogP contribution in [0.5, 0.6) is 0 Å². The summed E-state index contributed by atoms with van der Waals surface area (Å²) < 4.78 is 0. The average molecular weight is 320 g/mol. The molecule has 0 saturated heterocycles. The van der Waals surface area contributed by atoms with Crippen LogP contribution in [-0.4, -0.2) is 28.7 Å². The van der Waals surface area contributed by atoms with Crippen LogP contribution in [0.1, 0.15) is 22.3 Å². The Morgan fingerprint density at radius 1 is 1.38 bits per heavy atom. The van der Waals surface area contributed by atoms with Gasteiger partial charge >= 0.3 is 0 Å². The van der Waals surface area contributed by atoms with Gasteiger partial charge in [-0.3, -0.25) is 4.79 Å². The molecular weight excluding hydrogens is 306 g/mol. The highest BCUT2D eigenvalue weighted by Gasteiger charge is 2.25. The van der Waals surface area contributed by atoms with Crippen LogP contribution in [0.4, 0.5) is 5.69 Å². The number of carbonyl (C=O) groups excluding carboxylic acids is 1. The molecule has 2 aromatic rings. The minimum atomic E-state index is -0.139. The van der Waals surface area contributed by atoms with Crippen LogP contribution in [0.3, 0.4) is 0 Å². The summed E-state index contributed by atoms with van der Waals surface area (Å²) in [5.41, 5.74) is 2.50. The Balaban J connectivity index is 1.97.